The summed E-state index contributed by atoms with van der Waals surface area (Å²) in [7, 11) is 0. The third kappa shape index (κ3) is 4.97. The second kappa shape index (κ2) is 8.27. The minimum absolute atomic E-state index is 0.236. The van der Waals surface area contributed by atoms with Crippen LogP contribution in [0.2, 0.25) is 0 Å². The van der Waals surface area contributed by atoms with Crippen molar-refractivity contribution in [3.8, 4) is 5.75 Å². The van der Waals surface area contributed by atoms with Gasteiger partial charge in [0.2, 0.25) is 0 Å². The molecule has 1 rings (SSSR count). The van der Waals surface area contributed by atoms with Gasteiger partial charge in [-0.25, -0.2) is 13.9 Å². The monoisotopic (exact) mass is 295 g/mol. The maximum Gasteiger partial charge on any atom is 0.423 e. The Morgan fingerprint density at radius 1 is 1.25 bits per heavy atom. The van der Waals surface area contributed by atoms with Gasteiger partial charge in [0.15, 0.2) is 0 Å². The molecule has 0 radical (unpaired) electrons. The van der Waals surface area contributed by atoms with Crippen LogP contribution < -0.4 is 4.74 Å². The molecule has 0 fully saturated rings. The fraction of sp³-hybridized carbons (Fsp3) is 0.286. The Balaban J connectivity index is 2.74. The number of thiol groups is 1. The smallest absolute Gasteiger partial charge is 0.423 e. The highest BCUT2D eigenvalue weighted by Gasteiger charge is 2.15. The van der Waals surface area contributed by atoms with Gasteiger partial charge in [0.1, 0.15) is 5.75 Å². The predicted octanol–water partition coefficient (Wildman–Crippen LogP) is 3.19. The molecule has 0 N–H and O–H groups in total. The zero-order valence-corrected chi connectivity index (χ0v) is 12.3. The van der Waals surface area contributed by atoms with E-state index >= 15 is 0 Å². The molecule has 20 heavy (non-hydrogen) atoms. The number of esters is 1. The summed E-state index contributed by atoms with van der Waals surface area (Å²) in [4.78, 5) is 23.4. The molecule has 0 saturated carbocycles. The van der Waals surface area contributed by atoms with Gasteiger partial charge in [-0.15, -0.1) is 0 Å². The SMILES string of the molecule is CCOC(=O)N(S)C=C(CC)C(=O)Oc1ccccc1. The Labute approximate surface area is 123 Å². The lowest BCUT2D eigenvalue weighted by molar-refractivity contribution is -0.130. The molecule has 108 valence electrons. The Morgan fingerprint density at radius 3 is 2.45 bits per heavy atom. The van der Waals surface area contributed by atoms with Crippen molar-refractivity contribution in [2.24, 2.45) is 0 Å². The zero-order chi connectivity index (χ0) is 15.0. The van der Waals surface area contributed by atoms with Gasteiger partial charge in [0, 0.05) is 6.20 Å². The number of rotatable bonds is 5. The van der Waals surface area contributed by atoms with Crippen LogP contribution in [0.5, 0.6) is 5.75 Å². The van der Waals surface area contributed by atoms with Crippen LogP contribution in [-0.4, -0.2) is 23.0 Å². The second-order valence-corrected chi connectivity index (χ2v) is 4.18. The summed E-state index contributed by atoms with van der Waals surface area (Å²) in [5.74, 6) is -0.0826. The van der Waals surface area contributed by atoms with Gasteiger partial charge in [-0.2, -0.15) is 0 Å². The van der Waals surface area contributed by atoms with E-state index in [1.54, 1.807) is 38.1 Å². The highest BCUT2D eigenvalue weighted by Crippen LogP contribution is 2.14. The standard InChI is InChI=1S/C14H17NO4S/c1-3-11(10-15(20)14(17)18-4-2)13(16)19-12-8-6-5-7-9-12/h5-10,20H,3-4H2,1-2H3. The largest absolute Gasteiger partial charge is 0.449 e. The number of carbonyl (C=O) groups excluding carboxylic acids is 2. The first-order valence-electron chi connectivity index (χ1n) is 6.21. The van der Waals surface area contributed by atoms with Gasteiger partial charge in [0.25, 0.3) is 0 Å². The third-order valence-electron chi connectivity index (χ3n) is 2.33. The average molecular weight is 295 g/mol. The molecule has 0 heterocycles. The second-order valence-electron chi connectivity index (χ2n) is 3.75. The van der Waals surface area contributed by atoms with Crippen molar-refractivity contribution in [3.63, 3.8) is 0 Å². The molecule has 0 bridgehead atoms. The minimum atomic E-state index is -0.644. The van der Waals surface area contributed by atoms with E-state index in [0.29, 0.717) is 17.7 Å². The van der Waals surface area contributed by atoms with Gasteiger partial charge >= 0.3 is 12.1 Å². The van der Waals surface area contributed by atoms with Crippen LogP contribution in [0.4, 0.5) is 4.79 Å². The van der Waals surface area contributed by atoms with Crippen LogP contribution >= 0.6 is 12.8 Å². The van der Waals surface area contributed by atoms with Crippen LogP contribution in [0.25, 0.3) is 0 Å². The van der Waals surface area contributed by atoms with Crippen molar-refractivity contribution < 1.29 is 19.1 Å². The van der Waals surface area contributed by atoms with E-state index < -0.39 is 12.1 Å². The predicted molar refractivity (Wildman–Crippen MR) is 78.3 cm³/mol. The number of carbonyl (C=O) groups is 2. The number of ether oxygens (including phenoxy) is 2. The van der Waals surface area contributed by atoms with Crippen molar-refractivity contribution in [2.75, 3.05) is 6.61 Å². The Bertz CT molecular complexity index is 487. The average Bonchev–Trinajstić information content (AvgIpc) is 2.45. The van der Waals surface area contributed by atoms with Crippen molar-refractivity contribution >= 4 is 24.9 Å². The highest BCUT2D eigenvalue weighted by atomic mass is 32.1. The van der Waals surface area contributed by atoms with Gasteiger partial charge in [-0.1, -0.05) is 37.9 Å². The Kier molecular flexibility index (Phi) is 6.66. The summed E-state index contributed by atoms with van der Waals surface area (Å²) >= 11 is 3.95. The molecule has 6 heteroatoms. The summed E-state index contributed by atoms with van der Waals surface area (Å²) in [5.41, 5.74) is 0.317. The summed E-state index contributed by atoms with van der Waals surface area (Å²) < 4.78 is 10.9. The molecule has 1 aromatic carbocycles. The number of amides is 1. The van der Waals surface area contributed by atoms with E-state index in [0.717, 1.165) is 4.31 Å². The first-order chi connectivity index (χ1) is 9.58. The summed E-state index contributed by atoms with van der Waals surface area (Å²) in [6.07, 6.45) is 1.06. The molecular formula is C14H17NO4S. The van der Waals surface area contributed by atoms with E-state index in [1.165, 1.54) is 6.20 Å². The Morgan fingerprint density at radius 2 is 1.90 bits per heavy atom. The van der Waals surface area contributed by atoms with Gasteiger partial charge in [0.05, 0.1) is 12.2 Å². The molecule has 0 aliphatic heterocycles. The van der Waals surface area contributed by atoms with E-state index in [1.807, 2.05) is 6.07 Å². The van der Waals surface area contributed by atoms with Crippen molar-refractivity contribution in [2.45, 2.75) is 20.3 Å². The van der Waals surface area contributed by atoms with E-state index in [4.69, 9.17) is 9.47 Å². The number of hydrogen-bond donors (Lipinski definition) is 1. The molecule has 0 saturated heterocycles. The lowest BCUT2D eigenvalue weighted by Gasteiger charge is -2.12. The van der Waals surface area contributed by atoms with Crippen LogP contribution in [0, 0.1) is 0 Å². The quantitative estimate of drug-likeness (QED) is 0.392. The van der Waals surface area contributed by atoms with Gasteiger partial charge < -0.3 is 9.47 Å². The molecule has 0 unspecified atom stereocenters. The van der Waals surface area contributed by atoms with Crippen molar-refractivity contribution in [1.82, 2.24) is 4.31 Å². The molecule has 0 atom stereocenters. The van der Waals surface area contributed by atoms with Crippen molar-refractivity contribution in [3.05, 3.63) is 42.1 Å². The normalized spacial score (nSPS) is 10.8. The highest BCUT2D eigenvalue weighted by molar-refractivity contribution is 7.78. The molecule has 5 nitrogen and oxygen atoms in total. The van der Waals surface area contributed by atoms with E-state index in [-0.39, 0.29) is 6.61 Å². The van der Waals surface area contributed by atoms with Crippen LogP contribution in [0.3, 0.4) is 0 Å². The summed E-state index contributed by atoms with van der Waals surface area (Å²) in [6, 6.07) is 8.71. The molecular weight excluding hydrogens is 278 g/mol. The molecule has 1 aromatic rings. The van der Waals surface area contributed by atoms with Crippen LogP contribution in [0.1, 0.15) is 20.3 Å². The molecule has 0 aliphatic rings. The Hall–Kier alpha value is -1.95. The number of benzene rings is 1. The molecule has 0 spiro atoms. The maximum absolute atomic E-state index is 12.0. The number of hydrogen-bond acceptors (Lipinski definition) is 5. The topological polar surface area (TPSA) is 55.8 Å². The minimum Gasteiger partial charge on any atom is -0.449 e. The maximum atomic E-state index is 12.0. The first-order valence-corrected chi connectivity index (χ1v) is 6.61. The van der Waals surface area contributed by atoms with Gasteiger partial charge in [-0.3, -0.25) is 0 Å². The first kappa shape index (κ1) is 16.1. The van der Waals surface area contributed by atoms with Gasteiger partial charge in [-0.05, 0) is 25.5 Å². The fourth-order valence-corrected chi connectivity index (χ4v) is 1.54. The third-order valence-corrected chi connectivity index (χ3v) is 2.61. The van der Waals surface area contributed by atoms with E-state index in [2.05, 4.69) is 12.8 Å². The lowest BCUT2D eigenvalue weighted by Crippen LogP contribution is -2.20. The summed E-state index contributed by atoms with van der Waals surface area (Å²) in [5, 5.41) is 0. The zero-order valence-electron chi connectivity index (χ0n) is 11.4. The molecule has 0 aromatic heterocycles. The number of nitrogens with zero attached hydrogens (tertiary/aromatic N) is 1. The molecule has 0 aliphatic carbocycles. The number of para-hydroxylation sites is 1. The van der Waals surface area contributed by atoms with Crippen LogP contribution in [0.15, 0.2) is 42.1 Å². The van der Waals surface area contributed by atoms with Crippen LogP contribution in [-0.2, 0) is 9.53 Å². The van der Waals surface area contributed by atoms with E-state index in [9.17, 15) is 9.59 Å². The van der Waals surface area contributed by atoms with Crippen molar-refractivity contribution in [1.29, 1.82) is 0 Å². The summed E-state index contributed by atoms with van der Waals surface area (Å²) in [6.45, 7) is 3.71. The lowest BCUT2D eigenvalue weighted by atomic mass is 10.2. The fourth-order valence-electron chi connectivity index (χ4n) is 1.34. The molecule has 1 amide bonds.